The number of nitrogens with one attached hydrogen (secondary N) is 3. The van der Waals surface area contributed by atoms with Crippen molar-refractivity contribution in [3.63, 3.8) is 0 Å². The van der Waals surface area contributed by atoms with E-state index < -0.39 is 4.92 Å². The van der Waals surface area contributed by atoms with Gasteiger partial charge in [0.05, 0.1) is 11.0 Å². The first-order valence-electron chi connectivity index (χ1n) is 8.61. The highest BCUT2D eigenvalue weighted by Crippen LogP contribution is 2.22. The number of nitro benzene ring substituents is 1. The third-order valence-corrected chi connectivity index (χ3v) is 4.06. The summed E-state index contributed by atoms with van der Waals surface area (Å²) in [4.78, 5) is 22.5. The second-order valence-corrected chi connectivity index (χ2v) is 5.92. The van der Waals surface area contributed by atoms with Gasteiger partial charge in [0, 0.05) is 19.2 Å². The van der Waals surface area contributed by atoms with Crippen LogP contribution in [0.1, 0.15) is 31.0 Å². The number of carbonyl (C=O) groups excluding carboxylic acids is 1. The fourth-order valence-electron chi connectivity index (χ4n) is 2.53. The summed E-state index contributed by atoms with van der Waals surface area (Å²) < 4.78 is 0. The van der Waals surface area contributed by atoms with Crippen molar-refractivity contribution in [3.8, 4) is 0 Å². The minimum atomic E-state index is -0.437. The molecular formula is C19H24N4O3. The van der Waals surface area contributed by atoms with Crippen molar-refractivity contribution < 1.29 is 9.72 Å². The molecule has 7 nitrogen and oxygen atoms in total. The molecule has 2 aromatic rings. The topological polar surface area (TPSA) is 96.3 Å². The van der Waals surface area contributed by atoms with Gasteiger partial charge in [-0.1, -0.05) is 43.3 Å². The van der Waals surface area contributed by atoms with Crippen LogP contribution in [0.25, 0.3) is 0 Å². The van der Waals surface area contributed by atoms with Gasteiger partial charge in [0.2, 0.25) is 0 Å². The summed E-state index contributed by atoms with van der Waals surface area (Å²) in [5.74, 6) is 0. The van der Waals surface area contributed by atoms with Crippen LogP contribution in [0, 0.1) is 10.1 Å². The zero-order valence-corrected chi connectivity index (χ0v) is 15.0. The number of carbonyl (C=O) groups is 1. The number of aryl methyl sites for hydroxylation is 1. The van der Waals surface area contributed by atoms with Gasteiger partial charge in [-0.15, -0.1) is 0 Å². The maximum absolute atomic E-state index is 12.0. The summed E-state index contributed by atoms with van der Waals surface area (Å²) in [7, 11) is 0. The van der Waals surface area contributed by atoms with E-state index in [0.717, 1.165) is 12.0 Å². The van der Waals surface area contributed by atoms with Crippen LogP contribution in [0.4, 0.5) is 16.2 Å². The summed E-state index contributed by atoms with van der Waals surface area (Å²) >= 11 is 0. The maximum atomic E-state index is 12.0. The van der Waals surface area contributed by atoms with Gasteiger partial charge < -0.3 is 16.0 Å². The molecule has 0 bridgehead atoms. The van der Waals surface area contributed by atoms with E-state index in [2.05, 4.69) is 35.0 Å². The van der Waals surface area contributed by atoms with Gasteiger partial charge in [0.1, 0.15) is 5.69 Å². The molecule has 0 radical (unpaired) electrons. The number of amides is 2. The largest absolute Gasteiger partial charge is 0.378 e. The van der Waals surface area contributed by atoms with Gasteiger partial charge in [-0.25, -0.2) is 4.79 Å². The second-order valence-electron chi connectivity index (χ2n) is 5.92. The maximum Gasteiger partial charge on any atom is 0.315 e. The number of nitro groups is 1. The van der Waals surface area contributed by atoms with Crippen molar-refractivity contribution in [2.45, 2.75) is 26.3 Å². The Balaban J connectivity index is 1.76. The lowest BCUT2D eigenvalue weighted by atomic mass is 10.1. The molecular weight excluding hydrogens is 332 g/mol. The fourth-order valence-corrected chi connectivity index (χ4v) is 2.53. The number of hydrogen-bond acceptors (Lipinski definition) is 4. The third-order valence-electron chi connectivity index (χ3n) is 4.06. The van der Waals surface area contributed by atoms with Crippen molar-refractivity contribution in [1.82, 2.24) is 10.6 Å². The number of urea groups is 1. The Labute approximate surface area is 153 Å². The SMILES string of the molecule is CCc1ccc([C@@H](C)NC(=O)NCCNc2ccccc2[N+](=O)[O-])cc1. The molecule has 0 saturated carbocycles. The number of hydrogen-bond donors (Lipinski definition) is 3. The molecule has 0 aromatic heterocycles. The molecule has 0 spiro atoms. The van der Waals surface area contributed by atoms with Crippen LogP contribution in [0.2, 0.25) is 0 Å². The van der Waals surface area contributed by atoms with E-state index in [-0.39, 0.29) is 17.8 Å². The average molecular weight is 356 g/mol. The molecule has 0 saturated heterocycles. The number of benzene rings is 2. The highest BCUT2D eigenvalue weighted by molar-refractivity contribution is 5.74. The smallest absolute Gasteiger partial charge is 0.315 e. The van der Waals surface area contributed by atoms with Crippen molar-refractivity contribution in [3.05, 3.63) is 69.8 Å². The summed E-state index contributed by atoms with van der Waals surface area (Å²) in [6, 6.07) is 14.2. The van der Waals surface area contributed by atoms with E-state index in [0.29, 0.717) is 18.8 Å². The molecule has 138 valence electrons. The molecule has 1 atom stereocenters. The summed E-state index contributed by atoms with van der Waals surface area (Å²) in [6.07, 6.45) is 0.981. The highest BCUT2D eigenvalue weighted by Gasteiger charge is 2.12. The minimum absolute atomic E-state index is 0.0149. The fraction of sp³-hybridized carbons (Fsp3) is 0.316. The molecule has 0 aliphatic rings. The molecule has 7 heteroatoms. The van der Waals surface area contributed by atoms with E-state index in [4.69, 9.17) is 0 Å². The average Bonchev–Trinajstić information content (AvgIpc) is 2.65. The van der Waals surface area contributed by atoms with E-state index in [1.807, 2.05) is 19.1 Å². The monoisotopic (exact) mass is 356 g/mol. The first-order valence-corrected chi connectivity index (χ1v) is 8.61. The Kier molecular flexibility index (Phi) is 6.96. The van der Waals surface area contributed by atoms with E-state index in [9.17, 15) is 14.9 Å². The van der Waals surface area contributed by atoms with Gasteiger partial charge in [-0.05, 0) is 30.5 Å². The molecule has 2 amide bonds. The predicted octanol–water partition coefficient (Wildman–Crippen LogP) is 3.63. The zero-order chi connectivity index (χ0) is 18.9. The Morgan fingerprint density at radius 2 is 1.81 bits per heavy atom. The Morgan fingerprint density at radius 3 is 2.46 bits per heavy atom. The van der Waals surface area contributed by atoms with Crippen molar-refractivity contribution in [1.29, 1.82) is 0 Å². The van der Waals surface area contributed by atoms with Crippen LogP contribution in [0.15, 0.2) is 48.5 Å². The molecule has 0 fully saturated rings. The number of rotatable bonds is 8. The number of nitrogens with zero attached hydrogens (tertiary/aromatic N) is 1. The van der Waals surface area contributed by atoms with Gasteiger partial charge in [0.15, 0.2) is 0 Å². The van der Waals surface area contributed by atoms with Crippen molar-refractivity contribution >= 4 is 17.4 Å². The Hall–Kier alpha value is -3.09. The first kappa shape index (κ1) is 19.2. The molecule has 2 aromatic carbocycles. The molecule has 2 rings (SSSR count). The van der Waals surface area contributed by atoms with Crippen LogP contribution in [-0.4, -0.2) is 24.0 Å². The molecule has 0 aliphatic heterocycles. The van der Waals surface area contributed by atoms with Crippen molar-refractivity contribution in [2.75, 3.05) is 18.4 Å². The van der Waals surface area contributed by atoms with Crippen LogP contribution in [0.5, 0.6) is 0 Å². The first-order chi connectivity index (χ1) is 12.5. The summed E-state index contributed by atoms with van der Waals surface area (Å²) in [5.41, 5.74) is 2.74. The van der Waals surface area contributed by atoms with Gasteiger partial charge in [-0.2, -0.15) is 0 Å². The molecule has 3 N–H and O–H groups in total. The van der Waals surface area contributed by atoms with Gasteiger partial charge in [-0.3, -0.25) is 10.1 Å². The third kappa shape index (κ3) is 5.47. The van der Waals surface area contributed by atoms with Crippen LogP contribution in [-0.2, 0) is 6.42 Å². The lowest BCUT2D eigenvalue weighted by Crippen LogP contribution is -2.39. The van der Waals surface area contributed by atoms with Crippen molar-refractivity contribution in [2.24, 2.45) is 0 Å². The molecule has 0 unspecified atom stereocenters. The number of anilines is 1. The van der Waals surface area contributed by atoms with E-state index in [1.165, 1.54) is 11.6 Å². The summed E-state index contributed by atoms with van der Waals surface area (Å²) in [6.45, 7) is 4.76. The van der Waals surface area contributed by atoms with Gasteiger partial charge in [0.25, 0.3) is 5.69 Å². The second kappa shape index (κ2) is 9.41. The standard InChI is InChI=1S/C19H24N4O3/c1-3-15-8-10-16(11-9-15)14(2)22-19(24)21-13-12-20-17-6-4-5-7-18(17)23(25)26/h4-11,14,20H,3,12-13H2,1-2H3,(H2,21,22,24)/t14-/m1/s1. The van der Waals surface area contributed by atoms with Crippen LogP contribution in [0.3, 0.4) is 0 Å². The number of para-hydroxylation sites is 2. The molecule has 26 heavy (non-hydrogen) atoms. The Morgan fingerprint density at radius 1 is 1.12 bits per heavy atom. The molecule has 0 heterocycles. The quantitative estimate of drug-likeness (QED) is 0.382. The van der Waals surface area contributed by atoms with Crippen LogP contribution < -0.4 is 16.0 Å². The minimum Gasteiger partial charge on any atom is -0.378 e. The lowest BCUT2D eigenvalue weighted by molar-refractivity contribution is -0.384. The highest BCUT2D eigenvalue weighted by atomic mass is 16.6. The molecule has 0 aliphatic carbocycles. The van der Waals surface area contributed by atoms with E-state index >= 15 is 0 Å². The van der Waals surface area contributed by atoms with Crippen LogP contribution >= 0.6 is 0 Å². The Bertz CT molecular complexity index is 747. The predicted molar refractivity (Wildman–Crippen MR) is 102 cm³/mol. The zero-order valence-electron chi connectivity index (χ0n) is 15.0. The lowest BCUT2D eigenvalue weighted by Gasteiger charge is -2.16. The van der Waals surface area contributed by atoms with E-state index in [1.54, 1.807) is 18.2 Å². The summed E-state index contributed by atoms with van der Waals surface area (Å²) in [5, 5.41) is 19.5. The normalized spacial score (nSPS) is 11.5. The van der Waals surface area contributed by atoms with Gasteiger partial charge >= 0.3 is 6.03 Å².